The number of cyclic esters (lactones) is 1. The normalized spacial score (nSPS) is 20.9. The molecule has 0 aromatic heterocycles. The topological polar surface area (TPSA) is 26.3 Å². The van der Waals surface area contributed by atoms with E-state index in [1.165, 1.54) is 5.56 Å². The number of esters is 1. The van der Waals surface area contributed by atoms with Gasteiger partial charge in [-0.1, -0.05) is 17.7 Å². The first-order valence-electron chi connectivity index (χ1n) is 4.66. The molecule has 0 aliphatic carbocycles. The molecule has 2 rings (SSSR count). The van der Waals surface area contributed by atoms with Gasteiger partial charge in [0.05, 0.1) is 6.61 Å². The summed E-state index contributed by atoms with van der Waals surface area (Å²) >= 11 is 1.59. The third-order valence-corrected chi connectivity index (χ3v) is 3.44. The van der Waals surface area contributed by atoms with Gasteiger partial charge in [0.15, 0.2) is 0 Å². The number of carbonyl (C=O) groups excluding carboxylic acids is 1. The molecular formula is C11H12O2S. The van der Waals surface area contributed by atoms with Crippen molar-refractivity contribution in [2.45, 2.75) is 23.5 Å². The zero-order valence-electron chi connectivity index (χ0n) is 8.03. The molecule has 0 N–H and O–H groups in total. The van der Waals surface area contributed by atoms with Crippen molar-refractivity contribution in [3.63, 3.8) is 0 Å². The number of hydrogen-bond donors (Lipinski definition) is 0. The second-order valence-electron chi connectivity index (χ2n) is 3.38. The van der Waals surface area contributed by atoms with Crippen LogP contribution in [0.5, 0.6) is 0 Å². The molecule has 1 aliphatic heterocycles. The second kappa shape index (κ2) is 4.05. The predicted octanol–water partition coefficient (Wildman–Crippen LogP) is 2.40. The van der Waals surface area contributed by atoms with Crippen molar-refractivity contribution < 1.29 is 9.53 Å². The summed E-state index contributed by atoms with van der Waals surface area (Å²) in [5, 5.41) is -0.00212. The summed E-state index contributed by atoms with van der Waals surface area (Å²) in [4.78, 5) is 12.3. The third kappa shape index (κ3) is 2.10. The first-order valence-corrected chi connectivity index (χ1v) is 5.53. The van der Waals surface area contributed by atoms with Crippen LogP contribution in [-0.2, 0) is 9.53 Å². The number of carbonyl (C=O) groups is 1. The van der Waals surface area contributed by atoms with E-state index in [1.54, 1.807) is 11.8 Å². The molecule has 3 heteroatoms. The van der Waals surface area contributed by atoms with Crippen molar-refractivity contribution in [3.8, 4) is 0 Å². The van der Waals surface area contributed by atoms with E-state index in [0.29, 0.717) is 6.61 Å². The van der Waals surface area contributed by atoms with Crippen LogP contribution < -0.4 is 0 Å². The lowest BCUT2D eigenvalue weighted by molar-refractivity contribution is -0.137. The van der Waals surface area contributed by atoms with Gasteiger partial charge in [-0.3, -0.25) is 4.79 Å². The molecule has 0 radical (unpaired) electrons. The monoisotopic (exact) mass is 208 g/mol. The molecule has 1 aromatic carbocycles. The van der Waals surface area contributed by atoms with Gasteiger partial charge in [-0.2, -0.15) is 0 Å². The van der Waals surface area contributed by atoms with Crippen LogP contribution in [-0.4, -0.2) is 17.8 Å². The lowest BCUT2D eigenvalue weighted by Gasteiger charge is -2.05. The largest absolute Gasteiger partial charge is 0.465 e. The Bertz CT molecular complexity index is 332. The molecule has 0 unspecified atom stereocenters. The quantitative estimate of drug-likeness (QED) is 0.698. The highest BCUT2D eigenvalue weighted by atomic mass is 32.2. The van der Waals surface area contributed by atoms with Crippen LogP contribution in [0.1, 0.15) is 12.0 Å². The molecule has 0 spiro atoms. The summed E-state index contributed by atoms with van der Waals surface area (Å²) in [6, 6.07) is 8.21. The standard InChI is InChI=1S/C11H12O2S/c1-8-2-4-9(5-3-8)14-10-6-7-13-11(10)12/h2-5,10H,6-7H2,1H3/t10-/m1/s1. The van der Waals surface area contributed by atoms with E-state index in [-0.39, 0.29) is 11.2 Å². The van der Waals surface area contributed by atoms with E-state index in [4.69, 9.17) is 4.74 Å². The number of ether oxygens (including phenoxy) is 1. The second-order valence-corrected chi connectivity index (χ2v) is 4.65. The fourth-order valence-electron chi connectivity index (χ4n) is 1.37. The van der Waals surface area contributed by atoms with Gasteiger partial charge in [-0.15, -0.1) is 11.8 Å². The average molecular weight is 208 g/mol. The SMILES string of the molecule is Cc1ccc(S[C@@H]2CCOC2=O)cc1. The molecule has 1 atom stereocenters. The van der Waals surface area contributed by atoms with Crippen LogP contribution in [0.2, 0.25) is 0 Å². The highest BCUT2D eigenvalue weighted by Gasteiger charge is 2.27. The van der Waals surface area contributed by atoms with Crippen LogP contribution >= 0.6 is 11.8 Å². The molecule has 0 amide bonds. The maximum absolute atomic E-state index is 11.2. The predicted molar refractivity (Wildman–Crippen MR) is 56.4 cm³/mol. The van der Waals surface area contributed by atoms with Crippen molar-refractivity contribution in [3.05, 3.63) is 29.8 Å². The van der Waals surface area contributed by atoms with E-state index in [0.717, 1.165) is 11.3 Å². The van der Waals surface area contributed by atoms with Gasteiger partial charge in [-0.05, 0) is 19.1 Å². The van der Waals surface area contributed by atoms with Crippen molar-refractivity contribution in [1.29, 1.82) is 0 Å². The van der Waals surface area contributed by atoms with Crippen LogP contribution in [0.4, 0.5) is 0 Å². The minimum Gasteiger partial charge on any atom is -0.465 e. The summed E-state index contributed by atoms with van der Waals surface area (Å²) in [7, 11) is 0. The van der Waals surface area contributed by atoms with Gasteiger partial charge < -0.3 is 4.74 Å². The Labute approximate surface area is 87.6 Å². The fraction of sp³-hybridized carbons (Fsp3) is 0.364. The average Bonchev–Trinajstić information content (AvgIpc) is 2.56. The van der Waals surface area contributed by atoms with Gasteiger partial charge in [0, 0.05) is 11.3 Å². The highest BCUT2D eigenvalue weighted by molar-refractivity contribution is 8.00. The number of rotatable bonds is 2. The summed E-state index contributed by atoms with van der Waals surface area (Å²) in [6.07, 6.45) is 0.831. The first kappa shape index (κ1) is 9.59. The van der Waals surface area contributed by atoms with Crippen LogP contribution in [0.3, 0.4) is 0 Å². The molecule has 14 heavy (non-hydrogen) atoms. The summed E-state index contributed by atoms with van der Waals surface area (Å²) in [5.74, 6) is -0.0735. The summed E-state index contributed by atoms with van der Waals surface area (Å²) in [6.45, 7) is 2.63. The molecule has 1 aromatic rings. The van der Waals surface area contributed by atoms with E-state index >= 15 is 0 Å². The number of hydrogen-bond acceptors (Lipinski definition) is 3. The Morgan fingerprint density at radius 2 is 2.07 bits per heavy atom. The molecule has 1 heterocycles. The van der Waals surface area contributed by atoms with Crippen molar-refractivity contribution in [1.82, 2.24) is 0 Å². The molecule has 2 nitrogen and oxygen atoms in total. The van der Waals surface area contributed by atoms with Crippen LogP contribution in [0.25, 0.3) is 0 Å². The summed E-state index contributed by atoms with van der Waals surface area (Å²) in [5.41, 5.74) is 1.24. The van der Waals surface area contributed by atoms with Crippen molar-refractivity contribution >= 4 is 17.7 Å². The zero-order valence-corrected chi connectivity index (χ0v) is 8.84. The van der Waals surface area contributed by atoms with E-state index in [9.17, 15) is 4.79 Å². The minimum absolute atomic E-state index is 0.00212. The van der Waals surface area contributed by atoms with E-state index in [1.807, 2.05) is 12.1 Å². The third-order valence-electron chi connectivity index (χ3n) is 2.19. The molecule has 0 bridgehead atoms. The van der Waals surface area contributed by atoms with E-state index < -0.39 is 0 Å². The zero-order chi connectivity index (χ0) is 9.97. The maximum Gasteiger partial charge on any atom is 0.319 e. The van der Waals surface area contributed by atoms with E-state index in [2.05, 4.69) is 19.1 Å². The van der Waals surface area contributed by atoms with Gasteiger partial charge in [0.25, 0.3) is 0 Å². The van der Waals surface area contributed by atoms with Gasteiger partial charge in [0.1, 0.15) is 5.25 Å². The fourth-order valence-corrected chi connectivity index (χ4v) is 2.37. The number of aryl methyl sites for hydroxylation is 1. The Kier molecular flexibility index (Phi) is 2.77. The van der Waals surface area contributed by atoms with Gasteiger partial charge >= 0.3 is 5.97 Å². The van der Waals surface area contributed by atoms with Gasteiger partial charge in [-0.25, -0.2) is 0 Å². The Morgan fingerprint density at radius 1 is 1.36 bits per heavy atom. The number of thioether (sulfide) groups is 1. The summed E-state index contributed by atoms with van der Waals surface area (Å²) < 4.78 is 4.90. The molecule has 1 aliphatic rings. The minimum atomic E-state index is -0.0735. The molecule has 1 fully saturated rings. The molecular weight excluding hydrogens is 196 g/mol. The van der Waals surface area contributed by atoms with Gasteiger partial charge in [0.2, 0.25) is 0 Å². The van der Waals surface area contributed by atoms with Crippen molar-refractivity contribution in [2.75, 3.05) is 6.61 Å². The molecule has 1 saturated heterocycles. The Balaban J connectivity index is 2.03. The van der Waals surface area contributed by atoms with Crippen LogP contribution in [0.15, 0.2) is 29.2 Å². The Morgan fingerprint density at radius 3 is 2.64 bits per heavy atom. The smallest absolute Gasteiger partial charge is 0.319 e. The van der Waals surface area contributed by atoms with Crippen LogP contribution in [0, 0.1) is 6.92 Å². The Hall–Kier alpha value is -0.960. The lowest BCUT2D eigenvalue weighted by atomic mass is 10.2. The first-order chi connectivity index (χ1) is 6.75. The van der Waals surface area contributed by atoms with Crippen molar-refractivity contribution in [2.24, 2.45) is 0 Å². The number of benzene rings is 1. The lowest BCUT2D eigenvalue weighted by Crippen LogP contribution is -2.08. The maximum atomic E-state index is 11.2. The molecule has 0 saturated carbocycles. The highest BCUT2D eigenvalue weighted by Crippen LogP contribution is 2.29. The molecule has 74 valence electrons.